The summed E-state index contributed by atoms with van der Waals surface area (Å²) in [6.45, 7) is 3.84. The zero-order chi connectivity index (χ0) is 18.4. The Morgan fingerprint density at radius 3 is 2.24 bits per heavy atom. The Hall–Kier alpha value is -2.34. The number of hydrogen-bond donors (Lipinski definition) is 2. The van der Waals surface area contributed by atoms with Gasteiger partial charge in [-0.1, -0.05) is 22.9 Å². The van der Waals surface area contributed by atoms with Crippen molar-refractivity contribution in [3.63, 3.8) is 0 Å². The highest BCUT2D eigenvalue weighted by Gasteiger charge is 2.16. The highest BCUT2D eigenvalue weighted by molar-refractivity contribution is 9.10. The van der Waals surface area contributed by atoms with Gasteiger partial charge in [0.1, 0.15) is 5.75 Å². The van der Waals surface area contributed by atoms with Crippen LogP contribution in [0.2, 0.25) is 0 Å². The molecule has 5 nitrogen and oxygen atoms in total. The Morgan fingerprint density at radius 2 is 1.68 bits per heavy atom. The molecular formula is C19H21BrN2O3. The first-order valence-corrected chi connectivity index (χ1v) is 8.79. The van der Waals surface area contributed by atoms with Gasteiger partial charge in [-0.3, -0.25) is 9.59 Å². The molecule has 0 saturated carbocycles. The van der Waals surface area contributed by atoms with Crippen LogP contribution in [-0.4, -0.2) is 18.9 Å². The summed E-state index contributed by atoms with van der Waals surface area (Å²) in [4.78, 5) is 24.2. The summed E-state index contributed by atoms with van der Waals surface area (Å²) in [5.74, 6) is 0.266. The van der Waals surface area contributed by atoms with Crippen LogP contribution in [0.25, 0.3) is 0 Å². The molecule has 25 heavy (non-hydrogen) atoms. The molecule has 0 heterocycles. The van der Waals surface area contributed by atoms with Gasteiger partial charge in [0.2, 0.25) is 5.91 Å². The topological polar surface area (TPSA) is 67.4 Å². The van der Waals surface area contributed by atoms with Crippen LogP contribution >= 0.6 is 15.9 Å². The Morgan fingerprint density at radius 1 is 1.08 bits per heavy atom. The molecule has 6 heteroatoms. The number of methoxy groups -OCH3 is 1. The second-order valence-corrected chi connectivity index (χ2v) is 6.55. The summed E-state index contributed by atoms with van der Waals surface area (Å²) in [6.07, 6.45) is 1.29. The number of halogens is 1. The van der Waals surface area contributed by atoms with Crippen LogP contribution in [0.5, 0.6) is 5.75 Å². The predicted octanol–water partition coefficient (Wildman–Crippen LogP) is 4.76. The molecule has 2 aromatic carbocycles. The molecule has 2 N–H and O–H groups in total. The lowest BCUT2D eigenvalue weighted by molar-refractivity contribution is -0.116. The van der Waals surface area contributed by atoms with E-state index in [1.807, 2.05) is 19.9 Å². The number of aryl methyl sites for hydroxylation is 1. The lowest BCUT2D eigenvalue weighted by Gasteiger charge is -2.13. The second-order valence-electron chi connectivity index (χ2n) is 5.63. The molecule has 0 fully saturated rings. The third kappa shape index (κ3) is 5.06. The summed E-state index contributed by atoms with van der Waals surface area (Å²) in [5, 5.41) is 5.65. The fourth-order valence-corrected chi connectivity index (χ4v) is 3.03. The van der Waals surface area contributed by atoms with Crippen LogP contribution in [0.15, 0.2) is 40.9 Å². The van der Waals surface area contributed by atoms with Gasteiger partial charge in [0, 0.05) is 22.3 Å². The van der Waals surface area contributed by atoms with E-state index in [-0.39, 0.29) is 11.8 Å². The Balaban J connectivity index is 2.12. The average Bonchev–Trinajstić information content (AvgIpc) is 2.56. The fourth-order valence-electron chi connectivity index (χ4n) is 2.46. The summed E-state index contributed by atoms with van der Waals surface area (Å²) >= 11 is 3.40. The molecular weight excluding hydrogens is 384 g/mol. The molecule has 0 bridgehead atoms. The maximum absolute atomic E-state index is 12.6. The lowest BCUT2D eigenvalue weighted by atomic mass is 10.1. The molecule has 0 aliphatic heterocycles. The van der Waals surface area contributed by atoms with Gasteiger partial charge in [0.15, 0.2) is 0 Å². The molecule has 0 radical (unpaired) electrons. The molecule has 2 aromatic rings. The van der Waals surface area contributed by atoms with Crippen LogP contribution in [0.1, 0.15) is 35.7 Å². The van der Waals surface area contributed by atoms with E-state index < -0.39 is 0 Å². The minimum atomic E-state index is -0.260. The fraction of sp³-hybridized carbons (Fsp3) is 0.263. The van der Waals surface area contributed by atoms with E-state index in [2.05, 4.69) is 26.6 Å². The van der Waals surface area contributed by atoms with Gasteiger partial charge >= 0.3 is 0 Å². The number of rotatable bonds is 6. The number of carbonyl (C=O) groups is 2. The van der Waals surface area contributed by atoms with Crippen LogP contribution in [0, 0.1) is 6.92 Å². The zero-order valence-corrected chi connectivity index (χ0v) is 16.1. The zero-order valence-electron chi connectivity index (χ0n) is 14.5. The number of ether oxygens (including phenoxy) is 1. The van der Waals surface area contributed by atoms with Crippen molar-refractivity contribution in [3.05, 3.63) is 52.0 Å². The molecule has 0 atom stereocenters. The minimum absolute atomic E-state index is 0.0198. The lowest BCUT2D eigenvalue weighted by Crippen LogP contribution is -2.14. The first-order valence-electron chi connectivity index (χ1n) is 8.00. The van der Waals surface area contributed by atoms with Crippen LogP contribution < -0.4 is 15.4 Å². The van der Waals surface area contributed by atoms with Crippen molar-refractivity contribution in [1.82, 2.24) is 0 Å². The summed E-state index contributed by atoms with van der Waals surface area (Å²) in [5.41, 5.74) is 2.66. The molecule has 0 saturated heterocycles. The number of nitrogens with one attached hydrogen (secondary N) is 2. The van der Waals surface area contributed by atoms with Gasteiger partial charge in [0.25, 0.3) is 5.91 Å². The third-order valence-corrected chi connectivity index (χ3v) is 4.05. The molecule has 0 unspecified atom stereocenters. The Labute approximate surface area is 155 Å². The van der Waals surface area contributed by atoms with E-state index in [1.54, 1.807) is 37.4 Å². The van der Waals surface area contributed by atoms with E-state index in [4.69, 9.17) is 4.74 Å². The van der Waals surface area contributed by atoms with Gasteiger partial charge in [-0.15, -0.1) is 0 Å². The van der Waals surface area contributed by atoms with Crippen molar-refractivity contribution in [2.45, 2.75) is 26.7 Å². The number of hydrogen-bond acceptors (Lipinski definition) is 3. The monoisotopic (exact) mass is 404 g/mol. The quantitative estimate of drug-likeness (QED) is 0.729. The highest BCUT2D eigenvalue weighted by atomic mass is 79.9. The van der Waals surface area contributed by atoms with Crippen molar-refractivity contribution in [3.8, 4) is 5.75 Å². The van der Waals surface area contributed by atoms with E-state index in [0.717, 1.165) is 16.5 Å². The standard InChI is InChI=1S/C19H21BrN2O3/c1-4-5-17(23)21-14-6-8-15(9-7-14)22-19(24)16-11-13(20)10-12(2)18(16)25-3/h6-11H,4-5H2,1-3H3,(H,21,23)(H,22,24). The highest BCUT2D eigenvalue weighted by Crippen LogP contribution is 2.28. The van der Waals surface area contributed by atoms with E-state index in [9.17, 15) is 9.59 Å². The molecule has 0 aliphatic rings. The summed E-state index contributed by atoms with van der Waals surface area (Å²) in [7, 11) is 1.54. The van der Waals surface area contributed by atoms with Gasteiger partial charge in [-0.25, -0.2) is 0 Å². The van der Waals surface area contributed by atoms with Crippen LogP contribution in [0.4, 0.5) is 11.4 Å². The third-order valence-electron chi connectivity index (χ3n) is 3.59. The maximum Gasteiger partial charge on any atom is 0.259 e. The minimum Gasteiger partial charge on any atom is -0.496 e. The normalized spacial score (nSPS) is 10.2. The molecule has 0 aliphatic carbocycles. The second kappa shape index (κ2) is 8.67. The van der Waals surface area contributed by atoms with Crippen molar-refractivity contribution in [2.75, 3.05) is 17.7 Å². The van der Waals surface area contributed by atoms with Crippen LogP contribution in [-0.2, 0) is 4.79 Å². The van der Waals surface area contributed by atoms with E-state index >= 15 is 0 Å². The Kier molecular flexibility index (Phi) is 6.58. The molecule has 2 amide bonds. The number of benzene rings is 2. The van der Waals surface area contributed by atoms with Crippen molar-refractivity contribution in [2.24, 2.45) is 0 Å². The van der Waals surface area contributed by atoms with Crippen molar-refractivity contribution in [1.29, 1.82) is 0 Å². The Bertz CT molecular complexity index is 773. The summed E-state index contributed by atoms with van der Waals surface area (Å²) in [6, 6.07) is 10.6. The van der Waals surface area contributed by atoms with Gasteiger partial charge in [0.05, 0.1) is 12.7 Å². The predicted molar refractivity (Wildman–Crippen MR) is 103 cm³/mol. The smallest absolute Gasteiger partial charge is 0.259 e. The maximum atomic E-state index is 12.6. The molecule has 132 valence electrons. The molecule has 0 aromatic heterocycles. The average molecular weight is 405 g/mol. The number of carbonyl (C=O) groups excluding carboxylic acids is 2. The molecule has 2 rings (SSSR count). The van der Waals surface area contributed by atoms with E-state index in [1.165, 1.54) is 0 Å². The number of amides is 2. The number of anilines is 2. The first-order chi connectivity index (χ1) is 11.9. The van der Waals surface area contributed by atoms with Crippen LogP contribution in [0.3, 0.4) is 0 Å². The largest absolute Gasteiger partial charge is 0.496 e. The van der Waals surface area contributed by atoms with Crippen molar-refractivity contribution >= 4 is 39.1 Å². The van der Waals surface area contributed by atoms with Gasteiger partial charge < -0.3 is 15.4 Å². The SMILES string of the molecule is CCCC(=O)Nc1ccc(NC(=O)c2cc(Br)cc(C)c2OC)cc1. The molecule has 0 spiro atoms. The van der Waals surface area contributed by atoms with Gasteiger partial charge in [-0.05, 0) is 55.3 Å². The van der Waals surface area contributed by atoms with Crippen molar-refractivity contribution < 1.29 is 14.3 Å². The summed E-state index contributed by atoms with van der Waals surface area (Å²) < 4.78 is 6.16. The van der Waals surface area contributed by atoms with Gasteiger partial charge in [-0.2, -0.15) is 0 Å². The van der Waals surface area contributed by atoms with E-state index in [0.29, 0.717) is 29.1 Å². The first kappa shape index (κ1) is 19.0.